The molecule has 0 aliphatic carbocycles. The quantitative estimate of drug-likeness (QED) is 0.812. The summed E-state index contributed by atoms with van der Waals surface area (Å²) in [4.78, 5) is 0. The Morgan fingerprint density at radius 2 is 2.00 bits per heavy atom. The van der Waals surface area contributed by atoms with Crippen LogP contribution in [0.25, 0.3) is 0 Å². The van der Waals surface area contributed by atoms with E-state index in [1.54, 1.807) is 13.2 Å². The van der Waals surface area contributed by atoms with Crippen molar-refractivity contribution in [1.29, 1.82) is 0 Å². The summed E-state index contributed by atoms with van der Waals surface area (Å²) in [5.74, 6) is 0.294. The van der Waals surface area contributed by atoms with Crippen molar-refractivity contribution in [2.24, 2.45) is 5.92 Å². The summed E-state index contributed by atoms with van der Waals surface area (Å²) in [5, 5.41) is 3.39. The molecule has 2 nitrogen and oxygen atoms in total. The summed E-state index contributed by atoms with van der Waals surface area (Å²) in [7, 11) is 1.70. The minimum Gasteiger partial charge on any atom is -0.384 e. The Labute approximate surface area is 116 Å². The largest absolute Gasteiger partial charge is 0.384 e. The molecule has 0 aliphatic heterocycles. The van der Waals surface area contributed by atoms with Crippen LogP contribution in [0.1, 0.15) is 43.0 Å². The van der Waals surface area contributed by atoms with E-state index in [0.717, 1.165) is 29.7 Å². The Bertz CT molecular complexity index is 383. The lowest BCUT2D eigenvalue weighted by Crippen LogP contribution is -2.25. The second-order valence-corrected chi connectivity index (χ2v) is 5.38. The number of halogens is 1. The Morgan fingerprint density at radius 1 is 1.32 bits per heavy atom. The first-order chi connectivity index (χ1) is 8.99. The van der Waals surface area contributed by atoms with E-state index >= 15 is 0 Å². The molecule has 0 bridgehead atoms. The number of hydrogen-bond acceptors (Lipinski definition) is 2. The van der Waals surface area contributed by atoms with Crippen molar-refractivity contribution < 1.29 is 9.13 Å². The monoisotopic (exact) mass is 267 g/mol. The second kappa shape index (κ2) is 7.61. The number of ether oxygens (including phenoxy) is 1. The molecule has 1 rings (SSSR count). The maximum atomic E-state index is 14.2. The average molecular weight is 267 g/mol. The number of benzene rings is 1. The predicted octanol–water partition coefficient (Wildman–Crippen LogP) is 3.77. The third kappa shape index (κ3) is 4.59. The van der Waals surface area contributed by atoms with Gasteiger partial charge in [0.25, 0.3) is 0 Å². The average Bonchev–Trinajstić information content (AvgIpc) is 2.27. The molecule has 0 amide bonds. The van der Waals surface area contributed by atoms with Gasteiger partial charge in [0.15, 0.2) is 0 Å². The van der Waals surface area contributed by atoms with E-state index in [1.165, 1.54) is 0 Å². The fourth-order valence-corrected chi connectivity index (χ4v) is 2.67. The molecular formula is C16H26FNO. The van der Waals surface area contributed by atoms with Gasteiger partial charge in [0.1, 0.15) is 5.82 Å². The van der Waals surface area contributed by atoms with Gasteiger partial charge in [-0.3, -0.25) is 0 Å². The van der Waals surface area contributed by atoms with Gasteiger partial charge in [-0.05, 0) is 49.9 Å². The van der Waals surface area contributed by atoms with E-state index in [1.807, 2.05) is 19.9 Å². The summed E-state index contributed by atoms with van der Waals surface area (Å²) >= 11 is 0. The number of nitrogens with one attached hydrogen (secondary N) is 1. The van der Waals surface area contributed by atoms with Crippen molar-refractivity contribution in [3.8, 4) is 0 Å². The van der Waals surface area contributed by atoms with E-state index in [4.69, 9.17) is 4.74 Å². The van der Waals surface area contributed by atoms with Gasteiger partial charge in [-0.25, -0.2) is 4.39 Å². The lowest BCUT2D eigenvalue weighted by molar-refractivity contribution is 0.149. The molecule has 1 aromatic rings. The lowest BCUT2D eigenvalue weighted by Gasteiger charge is -2.24. The molecule has 1 N–H and O–H groups in total. The highest BCUT2D eigenvalue weighted by atomic mass is 19.1. The zero-order valence-electron chi connectivity index (χ0n) is 12.7. The minimum absolute atomic E-state index is 0.0516. The predicted molar refractivity (Wildman–Crippen MR) is 77.9 cm³/mol. The van der Waals surface area contributed by atoms with Crippen LogP contribution >= 0.6 is 0 Å². The van der Waals surface area contributed by atoms with Gasteiger partial charge in [0.05, 0.1) is 0 Å². The molecule has 2 atom stereocenters. The third-order valence-corrected chi connectivity index (χ3v) is 3.37. The van der Waals surface area contributed by atoms with Crippen LogP contribution in [0.3, 0.4) is 0 Å². The molecule has 0 fully saturated rings. The molecule has 0 heterocycles. The molecular weight excluding hydrogens is 241 g/mol. The highest BCUT2D eigenvalue weighted by Gasteiger charge is 2.20. The minimum atomic E-state index is -0.104. The van der Waals surface area contributed by atoms with Crippen molar-refractivity contribution in [3.05, 3.63) is 34.6 Å². The van der Waals surface area contributed by atoms with Gasteiger partial charge >= 0.3 is 0 Å². The van der Waals surface area contributed by atoms with Crippen LogP contribution in [-0.4, -0.2) is 20.3 Å². The molecule has 0 saturated heterocycles. The first kappa shape index (κ1) is 16.1. The molecule has 19 heavy (non-hydrogen) atoms. The van der Waals surface area contributed by atoms with E-state index in [-0.39, 0.29) is 11.9 Å². The van der Waals surface area contributed by atoms with Gasteiger partial charge in [-0.15, -0.1) is 0 Å². The van der Waals surface area contributed by atoms with Gasteiger partial charge in [0.2, 0.25) is 0 Å². The van der Waals surface area contributed by atoms with Gasteiger partial charge in [0, 0.05) is 25.3 Å². The number of methoxy groups -OCH3 is 1. The molecule has 0 radical (unpaired) electrons. The fourth-order valence-electron chi connectivity index (χ4n) is 2.67. The van der Waals surface area contributed by atoms with Crippen molar-refractivity contribution in [1.82, 2.24) is 5.32 Å². The third-order valence-electron chi connectivity index (χ3n) is 3.37. The Kier molecular flexibility index (Phi) is 6.46. The topological polar surface area (TPSA) is 21.3 Å². The number of hydrogen-bond donors (Lipinski definition) is 1. The fraction of sp³-hybridized carbons (Fsp3) is 0.625. The summed E-state index contributed by atoms with van der Waals surface area (Å²) in [6, 6.07) is 3.72. The van der Waals surface area contributed by atoms with Gasteiger partial charge in [-0.2, -0.15) is 0 Å². The molecule has 0 aromatic heterocycles. The first-order valence-electron chi connectivity index (χ1n) is 6.98. The number of aryl methyl sites for hydroxylation is 2. The van der Waals surface area contributed by atoms with Crippen LogP contribution in [0.15, 0.2) is 12.1 Å². The lowest BCUT2D eigenvalue weighted by atomic mass is 9.92. The normalized spacial score (nSPS) is 14.4. The molecule has 2 unspecified atom stereocenters. The van der Waals surface area contributed by atoms with Crippen LogP contribution < -0.4 is 5.32 Å². The zero-order chi connectivity index (χ0) is 14.4. The molecule has 0 saturated carbocycles. The highest BCUT2D eigenvalue weighted by Crippen LogP contribution is 2.28. The first-order valence-corrected chi connectivity index (χ1v) is 6.98. The smallest absolute Gasteiger partial charge is 0.128 e. The van der Waals surface area contributed by atoms with Crippen LogP contribution in [0.4, 0.5) is 4.39 Å². The maximum Gasteiger partial charge on any atom is 0.128 e. The van der Waals surface area contributed by atoms with Crippen LogP contribution in [0, 0.1) is 25.6 Å². The Morgan fingerprint density at radius 3 is 2.53 bits per heavy atom. The summed E-state index contributed by atoms with van der Waals surface area (Å²) in [6.07, 6.45) is 0.877. The van der Waals surface area contributed by atoms with Gasteiger partial charge in [-0.1, -0.05) is 19.9 Å². The standard InChI is InChI=1S/C16H26FNO/c1-6-18-15(9-12(3)10-19-5)16-13(4)7-11(2)8-14(16)17/h7-8,12,15,18H,6,9-10H2,1-5H3. The van der Waals surface area contributed by atoms with Crippen LogP contribution in [0.5, 0.6) is 0 Å². The zero-order valence-corrected chi connectivity index (χ0v) is 12.7. The Balaban J connectivity index is 2.98. The van der Waals surface area contributed by atoms with E-state index in [2.05, 4.69) is 19.2 Å². The van der Waals surface area contributed by atoms with Crippen molar-refractivity contribution in [3.63, 3.8) is 0 Å². The van der Waals surface area contributed by atoms with Crippen LogP contribution in [0.2, 0.25) is 0 Å². The molecule has 3 heteroatoms. The van der Waals surface area contributed by atoms with E-state index < -0.39 is 0 Å². The summed E-state index contributed by atoms with van der Waals surface area (Å²) < 4.78 is 19.4. The summed E-state index contributed by atoms with van der Waals surface area (Å²) in [6.45, 7) is 9.63. The van der Waals surface area contributed by atoms with E-state index in [9.17, 15) is 4.39 Å². The molecule has 1 aromatic carbocycles. The molecule has 0 spiro atoms. The molecule has 0 aliphatic rings. The second-order valence-electron chi connectivity index (χ2n) is 5.38. The Hall–Kier alpha value is -0.930. The number of rotatable bonds is 7. The van der Waals surface area contributed by atoms with Gasteiger partial charge < -0.3 is 10.1 Å². The maximum absolute atomic E-state index is 14.2. The van der Waals surface area contributed by atoms with Crippen LogP contribution in [-0.2, 0) is 4.74 Å². The van der Waals surface area contributed by atoms with E-state index in [0.29, 0.717) is 12.5 Å². The van der Waals surface area contributed by atoms with Crippen molar-refractivity contribution in [2.75, 3.05) is 20.3 Å². The van der Waals surface area contributed by atoms with Crippen molar-refractivity contribution >= 4 is 0 Å². The summed E-state index contributed by atoms with van der Waals surface area (Å²) in [5.41, 5.74) is 2.79. The van der Waals surface area contributed by atoms with Crippen molar-refractivity contribution in [2.45, 2.75) is 40.2 Å². The SMILES string of the molecule is CCNC(CC(C)COC)c1c(C)cc(C)cc1F. The highest BCUT2D eigenvalue weighted by molar-refractivity contribution is 5.34. The molecule has 108 valence electrons.